The second-order valence-corrected chi connectivity index (χ2v) is 8.91. The Kier molecular flexibility index (Phi) is 28.4. The van der Waals surface area contributed by atoms with Crippen molar-refractivity contribution in [2.75, 3.05) is 60.2 Å². The van der Waals surface area contributed by atoms with Crippen molar-refractivity contribution in [2.24, 2.45) is 0 Å². The molecule has 252 valence electrons. The summed E-state index contributed by atoms with van der Waals surface area (Å²) in [5.41, 5.74) is 1.12. The van der Waals surface area contributed by atoms with E-state index >= 15 is 0 Å². The molecule has 0 bridgehead atoms. The van der Waals surface area contributed by atoms with Gasteiger partial charge in [0.15, 0.2) is 5.78 Å². The molecule has 14 heteroatoms. The molecule has 2 N–H and O–H groups in total. The first-order valence-electron chi connectivity index (χ1n) is 13.9. The van der Waals surface area contributed by atoms with Crippen LogP contribution in [0.15, 0.2) is 48.5 Å². The van der Waals surface area contributed by atoms with Gasteiger partial charge in [0.2, 0.25) is 6.79 Å². The Bertz CT molecular complexity index is 1160. The van der Waals surface area contributed by atoms with E-state index in [9.17, 15) is 24.0 Å². The molecule has 2 aromatic rings. The molecule has 0 aliphatic heterocycles. The summed E-state index contributed by atoms with van der Waals surface area (Å²) in [6.07, 6.45) is 2.68. The normalized spacial score (nSPS) is 9.74. The van der Waals surface area contributed by atoms with E-state index < -0.39 is 24.7 Å². The number of ketones is 1. The Morgan fingerprint density at radius 1 is 0.609 bits per heavy atom. The van der Waals surface area contributed by atoms with Crippen LogP contribution in [-0.2, 0) is 33.2 Å². The number of hydrogen-bond acceptors (Lipinski definition) is 13. The van der Waals surface area contributed by atoms with E-state index in [1.807, 2.05) is 0 Å². The summed E-state index contributed by atoms with van der Waals surface area (Å²) in [7, 11) is 1.56. The smallest absolute Gasteiger partial charge is 1.00 e. The molecule has 0 saturated heterocycles. The zero-order valence-corrected chi connectivity index (χ0v) is 29.1. The van der Waals surface area contributed by atoms with Crippen LogP contribution in [0.3, 0.4) is 0 Å². The van der Waals surface area contributed by atoms with E-state index in [-0.39, 0.29) is 122 Å². The van der Waals surface area contributed by atoms with Crippen molar-refractivity contribution in [3.8, 4) is 0 Å². The van der Waals surface area contributed by atoms with E-state index in [1.54, 1.807) is 7.11 Å². The van der Waals surface area contributed by atoms with Gasteiger partial charge in [-0.2, -0.15) is 0 Å². The second-order valence-electron chi connectivity index (χ2n) is 8.91. The van der Waals surface area contributed by atoms with Crippen molar-refractivity contribution in [3.05, 3.63) is 70.8 Å². The van der Waals surface area contributed by atoms with Gasteiger partial charge in [-0.3, -0.25) is 9.59 Å². The molecule has 0 spiro atoms. The van der Waals surface area contributed by atoms with Crippen molar-refractivity contribution in [1.29, 1.82) is 0 Å². The number of esters is 4. The Balaban J connectivity index is -0.00000111. The molecular weight excluding hydrogens is 631 g/mol. The fourth-order valence-corrected chi connectivity index (χ4v) is 3.20. The summed E-state index contributed by atoms with van der Waals surface area (Å²) in [6, 6.07) is 11.6. The molecule has 2 aromatic carbocycles. The number of carbonyl (C=O) groups is 5. The zero-order chi connectivity index (χ0) is 32.6. The molecule has 13 nitrogen and oxygen atoms in total. The van der Waals surface area contributed by atoms with Crippen LogP contribution in [0.25, 0.3) is 0 Å². The minimum Gasteiger partial charge on any atom is -1.00 e. The number of hydrogen-bond donors (Lipinski definition) is 2. The van der Waals surface area contributed by atoms with Crippen LogP contribution in [-0.4, -0.2) is 100 Å². The maximum Gasteiger partial charge on any atom is 1.00 e. The van der Waals surface area contributed by atoms with Crippen LogP contribution >= 0.6 is 0 Å². The molecule has 2 rings (SSSR count). The van der Waals surface area contributed by atoms with Gasteiger partial charge in [0.25, 0.3) is 0 Å². The van der Waals surface area contributed by atoms with Gasteiger partial charge in [0, 0.05) is 25.7 Å². The molecule has 0 aliphatic rings. The Morgan fingerprint density at radius 2 is 1.09 bits per heavy atom. The first-order valence-corrected chi connectivity index (χ1v) is 13.9. The second kappa shape index (κ2) is 28.7. The number of aliphatic hydroxyl groups excluding tert-OH is 2. The van der Waals surface area contributed by atoms with Crippen LogP contribution < -0.4 is 51.4 Å². The third-order valence-electron chi connectivity index (χ3n) is 5.55. The maximum atomic E-state index is 12.1. The van der Waals surface area contributed by atoms with E-state index in [4.69, 9.17) is 33.9 Å². The van der Waals surface area contributed by atoms with E-state index in [0.717, 1.165) is 19.3 Å². The largest absolute Gasteiger partial charge is 1.00 e. The van der Waals surface area contributed by atoms with Gasteiger partial charge in [-0.1, -0.05) is 26.0 Å². The van der Waals surface area contributed by atoms with Crippen LogP contribution in [0.4, 0.5) is 0 Å². The average molecular weight is 677 g/mol. The van der Waals surface area contributed by atoms with Crippen LogP contribution in [0, 0.1) is 0 Å². The first kappa shape index (κ1) is 45.6. The number of carbonyl (C=O) groups excluding carboxylic acids is 5. The number of aliphatic hydroxyl groups is 2. The fraction of sp³-hybridized carbons (Fsp3) is 0.469. The van der Waals surface area contributed by atoms with Gasteiger partial charge in [0.1, 0.15) is 13.2 Å². The Labute approximate surface area is 313 Å². The minimum atomic E-state index is -0.726. The van der Waals surface area contributed by atoms with Gasteiger partial charge >= 0.3 is 75.3 Å². The monoisotopic (exact) mass is 676 g/mol. The Morgan fingerprint density at radius 3 is 1.54 bits per heavy atom. The van der Waals surface area contributed by atoms with Crippen molar-refractivity contribution in [1.82, 2.24) is 0 Å². The number of methoxy groups -OCH3 is 1. The average Bonchev–Trinajstić information content (AvgIpc) is 3.04. The third kappa shape index (κ3) is 20.6. The van der Waals surface area contributed by atoms with Gasteiger partial charge in [-0.05, 0) is 56.2 Å². The molecular formula is C32H45KO13. The first-order chi connectivity index (χ1) is 21.2. The van der Waals surface area contributed by atoms with E-state index in [2.05, 4.69) is 4.74 Å². The standard InChI is InChI=1S/C23H24O9.C8H16O4.CH4.K.H/c1-16(24)17-3-5-19(6-4-17)22(26)31-15-32-23(27)20-9-7-18(8-10-20)21(25)30-14-13-29-12-11-28-2;9-5-3-1-2-4-8(11)12-7-6-10;;;/h3-10H,11-15H2,1-2H3;9-10H,1-7H2;1H4;;/q;;;+1;-1. The van der Waals surface area contributed by atoms with Crippen molar-refractivity contribution < 1.29 is 115 Å². The molecule has 0 aromatic heterocycles. The van der Waals surface area contributed by atoms with Gasteiger partial charge in [-0.15, -0.1) is 0 Å². The molecule has 0 unspecified atom stereocenters. The van der Waals surface area contributed by atoms with Gasteiger partial charge < -0.3 is 40.1 Å². The molecule has 0 heterocycles. The summed E-state index contributed by atoms with van der Waals surface area (Å²) >= 11 is 0. The van der Waals surface area contributed by atoms with Gasteiger partial charge in [0.05, 0.1) is 43.1 Å². The Hall–Kier alpha value is -2.53. The predicted molar refractivity (Wildman–Crippen MR) is 163 cm³/mol. The number of rotatable bonds is 19. The molecule has 46 heavy (non-hydrogen) atoms. The minimum absolute atomic E-state index is 0. The molecule has 0 amide bonds. The van der Waals surface area contributed by atoms with Gasteiger partial charge in [-0.25, -0.2) is 14.4 Å². The number of Topliss-reactive ketones (excluding diaryl/α,β-unsaturated/α-hetero) is 1. The molecule has 0 radical (unpaired) electrons. The van der Waals surface area contributed by atoms with Crippen LogP contribution in [0.2, 0.25) is 0 Å². The topological polar surface area (TPSA) is 181 Å². The number of benzene rings is 2. The summed E-state index contributed by atoms with van der Waals surface area (Å²) in [5.74, 6) is -2.37. The maximum absolute atomic E-state index is 12.1. The van der Waals surface area contributed by atoms with Crippen LogP contribution in [0.1, 0.15) is 82.9 Å². The summed E-state index contributed by atoms with van der Waals surface area (Å²) in [5, 5.41) is 16.7. The van der Waals surface area contributed by atoms with E-state index in [0.29, 0.717) is 25.2 Å². The van der Waals surface area contributed by atoms with E-state index in [1.165, 1.54) is 55.5 Å². The SMILES string of the molecule is C.COCCOCCOC(=O)c1ccc(C(=O)OCOC(=O)c2ccc(C(C)=O)cc2)cc1.O=C(CCCCCO)OCCO.[H-].[K+]. The molecule has 0 saturated carbocycles. The van der Waals surface area contributed by atoms with Crippen molar-refractivity contribution >= 4 is 29.7 Å². The molecule has 0 fully saturated rings. The summed E-state index contributed by atoms with van der Waals surface area (Å²) in [6.45, 7) is 2.18. The predicted octanol–water partition coefficient (Wildman–Crippen LogP) is 0.508. The number of ether oxygens (including phenoxy) is 6. The number of unbranched alkanes of at least 4 members (excludes halogenated alkanes) is 2. The quantitative estimate of drug-likeness (QED) is 0.0525. The molecule has 0 atom stereocenters. The third-order valence-corrected chi connectivity index (χ3v) is 5.55. The van der Waals surface area contributed by atoms with Crippen molar-refractivity contribution in [3.63, 3.8) is 0 Å². The fourth-order valence-electron chi connectivity index (χ4n) is 3.20. The zero-order valence-electron chi connectivity index (χ0n) is 27.0. The summed E-state index contributed by atoms with van der Waals surface area (Å²) < 4.78 is 29.5. The molecule has 0 aliphatic carbocycles. The van der Waals surface area contributed by atoms with Crippen LogP contribution in [0.5, 0.6) is 0 Å². The van der Waals surface area contributed by atoms with Crippen molar-refractivity contribution in [2.45, 2.75) is 40.0 Å². The summed E-state index contributed by atoms with van der Waals surface area (Å²) in [4.78, 5) is 58.0.